The summed E-state index contributed by atoms with van der Waals surface area (Å²) in [4.78, 5) is 12.3. The van der Waals surface area contributed by atoms with Crippen LogP contribution >= 0.6 is 12.4 Å². The molecular weight excluding hydrogens is 390 g/mol. The minimum Gasteiger partial charge on any atom is -0.495 e. The van der Waals surface area contributed by atoms with Gasteiger partial charge in [0, 0.05) is 18.2 Å². The van der Waals surface area contributed by atoms with Crippen LogP contribution in [0, 0.1) is 5.92 Å². The molecule has 7 nitrogen and oxygen atoms in total. The molecule has 2 aliphatic rings. The van der Waals surface area contributed by atoms with Crippen LogP contribution in [0.4, 0.5) is 5.69 Å². The van der Waals surface area contributed by atoms with E-state index in [2.05, 4.69) is 15.4 Å². The molecule has 1 amide bonds. The van der Waals surface area contributed by atoms with Gasteiger partial charge in [-0.1, -0.05) is 0 Å². The molecule has 3 N–H and O–H groups in total. The molecule has 1 heterocycles. The van der Waals surface area contributed by atoms with E-state index in [0.29, 0.717) is 18.0 Å². The van der Waals surface area contributed by atoms with Crippen LogP contribution in [-0.2, 0) is 14.8 Å². The maximum Gasteiger partial charge on any atom is 0.244 e. The number of hydrogen-bond donors (Lipinski definition) is 3. The first-order valence-corrected chi connectivity index (χ1v) is 10.7. The largest absolute Gasteiger partial charge is 0.495 e. The average molecular weight is 418 g/mol. The van der Waals surface area contributed by atoms with Crippen molar-refractivity contribution in [3.8, 4) is 5.75 Å². The molecule has 0 atom stereocenters. The Morgan fingerprint density at radius 1 is 1.22 bits per heavy atom. The maximum atomic E-state index is 12.5. The first-order valence-electron chi connectivity index (χ1n) is 9.19. The first-order chi connectivity index (χ1) is 12.5. The van der Waals surface area contributed by atoms with E-state index < -0.39 is 10.0 Å². The normalized spacial score (nSPS) is 17.8. The smallest absolute Gasteiger partial charge is 0.244 e. The summed E-state index contributed by atoms with van der Waals surface area (Å²) in [6.45, 7) is 2.03. The molecule has 1 saturated carbocycles. The Balaban J connectivity index is 0.00000261. The Morgan fingerprint density at radius 2 is 1.93 bits per heavy atom. The Morgan fingerprint density at radius 3 is 2.56 bits per heavy atom. The number of ether oxygens (including phenoxy) is 1. The number of hydrogen-bond acceptors (Lipinski definition) is 5. The van der Waals surface area contributed by atoms with E-state index in [4.69, 9.17) is 4.74 Å². The van der Waals surface area contributed by atoms with Crippen molar-refractivity contribution in [2.75, 3.05) is 25.5 Å². The van der Waals surface area contributed by atoms with Gasteiger partial charge < -0.3 is 15.4 Å². The third kappa shape index (κ3) is 6.34. The standard InChI is InChI=1S/C18H27N3O4S.ClH/c1-25-16-6-5-15(12-17(16)26(23,24)21-14-3-4-14)20-18(22)7-2-13-8-10-19-11-9-13;/h5-6,12-14,19,21H,2-4,7-11H2,1H3,(H,20,22);1H. The lowest BCUT2D eigenvalue weighted by Gasteiger charge is -2.22. The number of carbonyl (C=O) groups is 1. The molecule has 1 aliphatic heterocycles. The fourth-order valence-electron chi connectivity index (χ4n) is 3.18. The van der Waals surface area contributed by atoms with Gasteiger partial charge in [-0.15, -0.1) is 12.4 Å². The number of rotatable bonds is 8. The van der Waals surface area contributed by atoms with Gasteiger partial charge in [-0.2, -0.15) is 0 Å². The highest BCUT2D eigenvalue weighted by molar-refractivity contribution is 7.89. The van der Waals surface area contributed by atoms with Crippen LogP contribution in [-0.4, -0.2) is 40.6 Å². The molecule has 0 bridgehead atoms. The summed E-state index contributed by atoms with van der Waals surface area (Å²) in [7, 11) is -2.23. The summed E-state index contributed by atoms with van der Waals surface area (Å²) >= 11 is 0. The van der Waals surface area contributed by atoms with Gasteiger partial charge in [-0.25, -0.2) is 13.1 Å². The Hall–Kier alpha value is -1.35. The van der Waals surface area contributed by atoms with Gasteiger partial charge in [0.05, 0.1) is 7.11 Å². The van der Waals surface area contributed by atoms with E-state index in [0.717, 1.165) is 45.2 Å². The number of carbonyl (C=O) groups excluding carboxylic acids is 1. The third-order valence-corrected chi connectivity index (χ3v) is 6.42. The maximum absolute atomic E-state index is 12.5. The number of halogens is 1. The van der Waals surface area contributed by atoms with Gasteiger partial charge in [-0.3, -0.25) is 4.79 Å². The summed E-state index contributed by atoms with van der Waals surface area (Å²) in [5.74, 6) is 0.759. The Bertz CT molecular complexity index is 747. The monoisotopic (exact) mass is 417 g/mol. The van der Waals surface area contributed by atoms with Crippen molar-refractivity contribution < 1.29 is 17.9 Å². The second kappa shape index (κ2) is 9.73. The number of amides is 1. The SMILES string of the molecule is COc1ccc(NC(=O)CCC2CCNCC2)cc1S(=O)(=O)NC1CC1.Cl. The molecule has 3 rings (SSSR count). The summed E-state index contributed by atoms with van der Waals surface area (Å²) in [6, 6.07) is 4.71. The molecule has 1 aliphatic carbocycles. The van der Waals surface area contributed by atoms with Gasteiger partial charge >= 0.3 is 0 Å². The van der Waals surface area contributed by atoms with Crippen LogP contribution in [0.1, 0.15) is 38.5 Å². The zero-order chi connectivity index (χ0) is 18.6. The zero-order valence-electron chi connectivity index (χ0n) is 15.5. The van der Waals surface area contributed by atoms with Gasteiger partial charge in [0.25, 0.3) is 0 Å². The van der Waals surface area contributed by atoms with E-state index in [1.165, 1.54) is 13.2 Å². The molecule has 0 spiro atoms. The fraction of sp³-hybridized carbons (Fsp3) is 0.611. The van der Waals surface area contributed by atoms with Crippen LogP contribution < -0.4 is 20.1 Å². The number of anilines is 1. The van der Waals surface area contributed by atoms with E-state index >= 15 is 0 Å². The minimum absolute atomic E-state index is 0. The highest BCUT2D eigenvalue weighted by Gasteiger charge is 2.30. The van der Waals surface area contributed by atoms with Crippen molar-refractivity contribution in [3.63, 3.8) is 0 Å². The van der Waals surface area contributed by atoms with Gasteiger partial charge in [0.15, 0.2) is 0 Å². The lowest BCUT2D eigenvalue weighted by atomic mass is 9.93. The van der Waals surface area contributed by atoms with Crippen LogP contribution in [0.3, 0.4) is 0 Å². The fourth-order valence-corrected chi connectivity index (χ4v) is 4.68. The molecule has 9 heteroatoms. The predicted octanol–water partition coefficient (Wildman–Crippen LogP) is 2.28. The first kappa shape index (κ1) is 21.9. The van der Waals surface area contributed by atoms with Gasteiger partial charge in [0.2, 0.25) is 15.9 Å². The zero-order valence-corrected chi connectivity index (χ0v) is 17.1. The Kier molecular flexibility index (Phi) is 7.91. The summed E-state index contributed by atoms with van der Waals surface area (Å²) in [5, 5.41) is 6.13. The Labute approximate surface area is 167 Å². The highest BCUT2D eigenvalue weighted by Crippen LogP contribution is 2.30. The molecule has 1 saturated heterocycles. The number of nitrogens with one attached hydrogen (secondary N) is 3. The lowest BCUT2D eigenvalue weighted by molar-refractivity contribution is -0.116. The van der Waals surface area contributed by atoms with Crippen LogP contribution in [0.2, 0.25) is 0 Å². The van der Waals surface area contributed by atoms with Crippen LogP contribution in [0.5, 0.6) is 5.75 Å². The molecule has 2 fully saturated rings. The number of sulfonamides is 1. The average Bonchev–Trinajstić information content (AvgIpc) is 3.44. The van der Waals surface area contributed by atoms with Crippen molar-refractivity contribution in [2.24, 2.45) is 5.92 Å². The topological polar surface area (TPSA) is 96.5 Å². The highest BCUT2D eigenvalue weighted by atomic mass is 35.5. The van der Waals surface area contributed by atoms with E-state index in [-0.39, 0.29) is 35.0 Å². The number of benzene rings is 1. The lowest BCUT2D eigenvalue weighted by Crippen LogP contribution is -2.28. The minimum atomic E-state index is -3.66. The van der Waals surface area contributed by atoms with Gasteiger partial charge in [0.1, 0.15) is 10.6 Å². The summed E-state index contributed by atoms with van der Waals surface area (Å²) in [6.07, 6.45) is 5.22. The number of methoxy groups -OCH3 is 1. The molecule has 0 aromatic heterocycles. The summed E-state index contributed by atoms with van der Waals surface area (Å²) in [5.41, 5.74) is 0.470. The summed E-state index contributed by atoms with van der Waals surface area (Å²) < 4.78 is 32.9. The van der Waals surface area contributed by atoms with E-state index in [1.54, 1.807) is 12.1 Å². The molecule has 0 radical (unpaired) electrons. The number of piperidine rings is 1. The van der Waals surface area contributed by atoms with Crippen LogP contribution in [0.25, 0.3) is 0 Å². The van der Waals surface area contributed by atoms with Crippen molar-refractivity contribution in [1.29, 1.82) is 0 Å². The van der Waals surface area contributed by atoms with Gasteiger partial charge in [-0.05, 0) is 69.3 Å². The van der Waals surface area contributed by atoms with Crippen molar-refractivity contribution in [3.05, 3.63) is 18.2 Å². The second-order valence-corrected chi connectivity index (χ2v) is 8.72. The molecular formula is C18H28ClN3O4S. The van der Waals surface area contributed by atoms with Crippen LogP contribution in [0.15, 0.2) is 23.1 Å². The quantitative estimate of drug-likeness (QED) is 0.603. The van der Waals surface area contributed by atoms with Crippen molar-refractivity contribution in [1.82, 2.24) is 10.0 Å². The van der Waals surface area contributed by atoms with Crippen molar-refractivity contribution in [2.45, 2.75) is 49.5 Å². The predicted molar refractivity (Wildman–Crippen MR) is 107 cm³/mol. The second-order valence-electron chi connectivity index (χ2n) is 7.04. The molecule has 1 aromatic carbocycles. The molecule has 0 unspecified atom stereocenters. The molecule has 27 heavy (non-hydrogen) atoms. The third-order valence-electron chi connectivity index (χ3n) is 4.87. The van der Waals surface area contributed by atoms with Crippen molar-refractivity contribution >= 4 is 34.0 Å². The molecule has 1 aromatic rings. The molecule has 152 valence electrons. The van der Waals surface area contributed by atoms with E-state index in [1.807, 2.05) is 0 Å². The van der Waals surface area contributed by atoms with E-state index in [9.17, 15) is 13.2 Å².